The molecule has 0 fully saturated rings. The first-order valence-corrected chi connectivity index (χ1v) is 7.81. The monoisotopic (exact) mass is 328 g/mol. The molecule has 0 saturated heterocycles. The molecule has 2 heterocycles. The minimum absolute atomic E-state index is 0.226. The Morgan fingerprint density at radius 1 is 1.35 bits per heavy atom. The summed E-state index contributed by atoms with van der Waals surface area (Å²) in [6.45, 7) is 2.25. The molecule has 3 aromatic rings. The third kappa shape index (κ3) is 3.54. The fourth-order valence-electron chi connectivity index (χ4n) is 2.14. The quantitative estimate of drug-likeness (QED) is 0.799. The Hall–Kier alpha value is -2.74. The van der Waals surface area contributed by atoms with Crippen molar-refractivity contribution in [1.29, 1.82) is 0 Å². The number of anilines is 1. The summed E-state index contributed by atoms with van der Waals surface area (Å²) in [6.07, 6.45) is 3.61. The Kier molecular flexibility index (Phi) is 4.33. The molecule has 2 amide bonds. The van der Waals surface area contributed by atoms with Gasteiger partial charge in [0.1, 0.15) is 5.82 Å². The van der Waals surface area contributed by atoms with Gasteiger partial charge in [-0.3, -0.25) is 5.32 Å². The van der Waals surface area contributed by atoms with Crippen molar-refractivity contribution in [3.8, 4) is 5.69 Å². The predicted octanol–water partition coefficient (Wildman–Crippen LogP) is 2.70. The molecular weight excluding hydrogens is 312 g/mol. The van der Waals surface area contributed by atoms with Crippen molar-refractivity contribution < 1.29 is 4.79 Å². The molecule has 0 aliphatic rings. The fraction of sp³-hybridized carbons (Fsp3) is 0.200. The highest BCUT2D eigenvalue weighted by molar-refractivity contribution is 7.09. The van der Waals surface area contributed by atoms with Gasteiger partial charge in [-0.25, -0.2) is 14.5 Å². The highest BCUT2D eigenvalue weighted by atomic mass is 32.1. The maximum absolute atomic E-state index is 12.3. The van der Waals surface area contributed by atoms with E-state index in [1.807, 2.05) is 36.5 Å². The van der Waals surface area contributed by atoms with Gasteiger partial charge in [0.15, 0.2) is 0 Å². The smallest absolute Gasteiger partial charge is 0.323 e. The predicted molar refractivity (Wildman–Crippen MR) is 88.7 cm³/mol. The Morgan fingerprint density at radius 3 is 2.87 bits per heavy atom. The van der Waals surface area contributed by atoms with Crippen molar-refractivity contribution >= 4 is 22.7 Å². The highest BCUT2D eigenvalue weighted by Crippen LogP contribution is 2.16. The van der Waals surface area contributed by atoms with Gasteiger partial charge in [0.05, 0.1) is 5.69 Å². The second-order valence-corrected chi connectivity index (χ2v) is 5.76. The largest absolute Gasteiger partial charge is 0.323 e. The lowest BCUT2D eigenvalue weighted by molar-refractivity contribution is 0.220. The highest BCUT2D eigenvalue weighted by Gasteiger charge is 2.14. The molecule has 23 heavy (non-hydrogen) atoms. The van der Waals surface area contributed by atoms with Crippen LogP contribution in [-0.4, -0.2) is 37.1 Å². The Bertz CT molecular complexity index is 798. The lowest BCUT2D eigenvalue weighted by Gasteiger charge is -2.19. The number of rotatable bonds is 4. The minimum atomic E-state index is -0.226. The number of hydrogen-bond acceptors (Lipinski definition) is 5. The average Bonchev–Trinajstić information content (AvgIpc) is 3.19. The maximum Gasteiger partial charge on any atom is 0.323 e. The molecule has 0 spiro atoms. The van der Waals surface area contributed by atoms with Crippen LogP contribution in [0.25, 0.3) is 5.69 Å². The molecule has 0 radical (unpaired) electrons. The number of nitrogens with one attached hydrogen (secondary N) is 1. The zero-order valence-corrected chi connectivity index (χ0v) is 13.6. The van der Waals surface area contributed by atoms with Crippen molar-refractivity contribution in [3.05, 3.63) is 54.1 Å². The van der Waals surface area contributed by atoms with Crippen LogP contribution in [-0.2, 0) is 6.54 Å². The lowest BCUT2D eigenvalue weighted by Crippen LogP contribution is -2.31. The van der Waals surface area contributed by atoms with Gasteiger partial charge >= 0.3 is 6.03 Å². The summed E-state index contributed by atoms with van der Waals surface area (Å²) in [5.41, 5.74) is 1.95. The summed E-state index contributed by atoms with van der Waals surface area (Å²) < 4.78 is 5.83. The maximum atomic E-state index is 12.3. The van der Waals surface area contributed by atoms with Crippen LogP contribution in [0.4, 0.5) is 9.93 Å². The molecule has 8 heteroatoms. The van der Waals surface area contributed by atoms with Crippen LogP contribution in [0.2, 0.25) is 0 Å². The van der Waals surface area contributed by atoms with E-state index in [1.165, 1.54) is 11.5 Å². The van der Waals surface area contributed by atoms with Crippen molar-refractivity contribution in [2.45, 2.75) is 13.5 Å². The van der Waals surface area contributed by atoms with E-state index < -0.39 is 0 Å². The van der Waals surface area contributed by atoms with Gasteiger partial charge in [-0.05, 0) is 24.6 Å². The summed E-state index contributed by atoms with van der Waals surface area (Å²) >= 11 is 1.17. The van der Waals surface area contributed by atoms with Crippen LogP contribution >= 0.6 is 11.5 Å². The molecule has 1 aromatic carbocycles. The number of hydrogen-bond donors (Lipinski definition) is 1. The molecule has 0 atom stereocenters. The second kappa shape index (κ2) is 6.57. The summed E-state index contributed by atoms with van der Waals surface area (Å²) in [5.74, 6) is 0.650. The molecule has 3 rings (SSSR count). The normalized spacial score (nSPS) is 10.5. The molecule has 0 aliphatic carbocycles. The van der Waals surface area contributed by atoms with Gasteiger partial charge < -0.3 is 4.90 Å². The molecular formula is C15H16N6OS. The number of nitrogens with zero attached hydrogens (tertiary/aromatic N) is 5. The van der Waals surface area contributed by atoms with E-state index in [9.17, 15) is 4.79 Å². The standard InChI is InChI=1S/C15H16N6OS/c1-11-17-14(23-19-11)18-15(22)20(2)10-12-6-3-4-7-13(12)21-9-5-8-16-21/h3-9H,10H2,1-2H3,(H,17,18,19,22). The van der Waals surface area contributed by atoms with Crippen molar-refractivity contribution in [3.63, 3.8) is 0 Å². The van der Waals surface area contributed by atoms with Crippen LogP contribution in [0.15, 0.2) is 42.7 Å². The van der Waals surface area contributed by atoms with E-state index >= 15 is 0 Å². The summed E-state index contributed by atoms with van der Waals surface area (Å²) in [6, 6.07) is 9.49. The summed E-state index contributed by atoms with van der Waals surface area (Å²) in [7, 11) is 1.74. The fourth-order valence-corrected chi connectivity index (χ4v) is 2.71. The van der Waals surface area contributed by atoms with Crippen molar-refractivity contribution in [2.75, 3.05) is 12.4 Å². The Morgan fingerprint density at radius 2 is 2.17 bits per heavy atom. The van der Waals surface area contributed by atoms with E-state index in [2.05, 4.69) is 19.8 Å². The number of aromatic nitrogens is 4. The van der Waals surface area contributed by atoms with E-state index in [4.69, 9.17) is 0 Å². The van der Waals surface area contributed by atoms with Gasteiger partial charge in [0.25, 0.3) is 0 Å². The number of benzene rings is 1. The number of para-hydroxylation sites is 1. The summed E-state index contributed by atoms with van der Waals surface area (Å²) in [5, 5.41) is 7.50. The van der Waals surface area contributed by atoms with Crippen molar-refractivity contribution in [2.24, 2.45) is 0 Å². The van der Waals surface area contributed by atoms with Gasteiger partial charge in [0.2, 0.25) is 5.13 Å². The van der Waals surface area contributed by atoms with E-state index in [0.717, 1.165) is 11.3 Å². The van der Waals surface area contributed by atoms with Gasteiger partial charge in [0, 0.05) is 37.5 Å². The van der Waals surface area contributed by atoms with Crippen LogP contribution in [0.1, 0.15) is 11.4 Å². The lowest BCUT2D eigenvalue weighted by atomic mass is 10.1. The first-order chi connectivity index (χ1) is 11.1. The average molecular weight is 328 g/mol. The summed E-state index contributed by atoms with van der Waals surface area (Å²) in [4.78, 5) is 18.0. The minimum Gasteiger partial charge on any atom is -0.323 e. The number of urea groups is 1. The molecule has 0 bridgehead atoms. The Labute approximate surface area is 137 Å². The molecule has 0 saturated carbocycles. The van der Waals surface area contributed by atoms with Crippen molar-refractivity contribution in [1.82, 2.24) is 24.0 Å². The van der Waals surface area contributed by atoms with Gasteiger partial charge in [-0.1, -0.05) is 18.2 Å². The van der Waals surface area contributed by atoms with E-state index in [1.54, 1.807) is 29.7 Å². The number of carbonyl (C=O) groups is 1. The SMILES string of the molecule is Cc1nsc(NC(=O)N(C)Cc2ccccc2-n2cccn2)n1. The molecule has 0 unspecified atom stereocenters. The Balaban J connectivity index is 1.73. The van der Waals surface area contributed by atoms with Gasteiger partial charge in [-0.15, -0.1) is 0 Å². The topological polar surface area (TPSA) is 75.9 Å². The number of aryl methyl sites for hydroxylation is 1. The zero-order chi connectivity index (χ0) is 16.2. The van der Waals surface area contributed by atoms with E-state index in [0.29, 0.717) is 17.5 Å². The molecule has 2 aromatic heterocycles. The molecule has 7 nitrogen and oxygen atoms in total. The third-order valence-corrected chi connectivity index (χ3v) is 3.96. The van der Waals surface area contributed by atoms with Crippen LogP contribution < -0.4 is 5.32 Å². The molecule has 1 N–H and O–H groups in total. The third-order valence-electron chi connectivity index (χ3n) is 3.24. The molecule has 0 aliphatic heterocycles. The number of amides is 2. The van der Waals surface area contributed by atoms with Crippen LogP contribution in [0, 0.1) is 6.92 Å². The molecule has 118 valence electrons. The first-order valence-electron chi connectivity index (χ1n) is 7.04. The van der Waals surface area contributed by atoms with E-state index in [-0.39, 0.29) is 6.03 Å². The van der Waals surface area contributed by atoms with Gasteiger partial charge in [-0.2, -0.15) is 9.47 Å². The second-order valence-electron chi connectivity index (χ2n) is 5.01. The zero-order valence-electron chi connectivity index (χ0n) is 12.8. The van der Waals surface area contributed by atoms with Crippen LogP contribution in [0.3, 0.4) is 0 Å². The van der Waals surface area contributed by atoms with Crippen LogP contribution in [0.5, 0.6) is 0 Å². The number of carbonyl (C=O) groups excluding carboxylic acids is 1. The first kappa shape index (κ1) is 15.2.